The molecular formula is C12H15NO. The van der Waals surface area contributed by atoms with E-state index in [2.05, 4.69) is 43.1 Å². The predicted molar refractivity (Wildman–Crippen MR) is 57.6 cm³/mol. The van der Waals surface area contributed by atoms with Crippen LogP contribution < -0.4 is 0 Å². The van der Waals surface area contributed by atoms with Crippen LogP contribution in [0.15, 0.2) is 29.3 Å². The highest BCUT2D eigenvalue weighted by Crippen LogP contribution is 2.30. The predicted octanol–water partition coefficient (Wildman–Crippen LogP) is 2.66. The number of hydrogen-bond donors (Lipinski definition) is 0. The van der Waals surface area contributed by atoms with E-state index < -0.39 is 0 Å². The third-order valence-corrected chi connectivity index (χ3v) is 2.64. The molecule has 1 heterocycles. The van der Waals surface area contributed by atoms with Gasteiger partial charge in [-0.25, -0.2) is 4.99 Å². The highest BCUT2D eigenvalue weighted by molar-refractivity contribution is 5.75. The maximum atomic E-state index is 5.40. The first-order valence-electron chi connectivity index (χ1n) is 4.86. The van der Waals surface area contributed by atoms with Crippen molar-refractivity contribution in [3.63, 3.8) is 0 Å². The molecule has 1 aromatic rings. The number of benzene rings is 1. The van der Waals surface area contributed by atoms with E-state index in [0.29, 0.717) is 6.61 Å². The molecule has 2 heteroatoms. The lowest BCUT2D eigenvalue weighted by molar-refractivity contribution is 0.267. The smallest absolute Gasteiger partial charge is 0.181 e. The molecule has 1 atom stereocenters. The van der Waals surface area contributed by atoms with Crippen molar-refractivity contribution in [2.24, 2.45) is 4.99 Å². The lowest BCUT2D eigenvalue weighted by Crippen LogP contribution is -2.20. The van der Waals surface area contributed by atoms with Crippen molar-refractivity contribution in [1.29, 1.82) is 0 Å². The number of nitrogens with zero attached hydrogens (tertiary/aromatic N) is 1. The molecule has 0 aromatic heterocycles. The van der Waals surface area contributed by atoms with Gasteiger partial charge in [0.1, 0.15) is 12.1 Å². The number of aryl methyl sites for hydroxylation is 1. The number of hydrogen-bond acceptors (Lipinski definition) is 2. The van der Waals surface area contributed by atoms with E-state index in [0.717, 1.165) is 5.90 Å². The van der Waals surface area contributed by atoms with Gasteiger partial charge in [-0.3, -0.25) is 0 Å². The van der Waals surface area contributed by atoms with Crippen LogP contribution in [0.5, 0.6) is 0 Å². The molecule has 0 N–H and O–H groups in total. The topological polar surface area (TPSA) is 21.6 Å². The Hall–Kier alpha value is -1.31. The van der Waals surface area contributed by atoms with Crippen molar-refractivity contribution in [2.45, 2.75) is 26.3 Å². The zero-order valence-corrected chi connectivity index (χ0v) is 8.87. The minimum absolute atomic E-state index is 0.183. The largest absolute Gasteiger partial charge is 0.478 e. The molecule has 0 saturated carbocycles. The van der Waals surface area contributed by atoms with Crippen LogP contribution >= 0.6 is 0 Å². The lowest BCUT2D eigenvalue weighted by Gasteiger charge is -2.18. The fourth-order valence-corrected chi connectivity index (χ4v) is 1.72. The van der Waals surface area contributed by atoms with Crippen LogP contribution in [0.2, 0.25) is 0 Å². The van der Waals surface area contributed by atoms with Gasteiger partial charge >= 0.3 is 0 Å². The molecule has 1 aliphatic heterocycles. The first-order valence-corrected chi connectivity index (χ1v) is 4.86. The summed E-state index contributed by atoms with van der Waals surface area (Å²) in [7, 11) is 0. The quantitative estimate of drug-likeness (QED) is 0.665. The molecule has 2 nitrogen and oxygen atoms in total. The van der Waals surface area contributed by atoms with Gasteiger partial charge < -0.3 is 4.74 Å². The van der Waals surface area contributed by atoms with E-state index in [-0.39, 0.29) is 5.54 Å². The van der Waals surface area contributed by atoms with Crippen LogP contribution in [0.4, 0.5) is 0 Å². The summed E-state index contributed by atoms with van der Waals surface area (Å²) in [6.45, 7) is 6.75. The maximum Gasteiger partial charge on any atom is 0.181 e. The Labute approximate surface area is 84.6 Å². The minimum Gasteiger partial charge on any atom is -0.478 e. The van der Waals surface area contributed by atoms with E-state index in [9.17, 15) is 0 Å². The standard InChI is InChI=1S/C12H15NO/c1-9-4-6-11(7-5-9)12(3)8-14-10(2)13-12/h4-7H,8H2,1-3H3. The zero-order valence-electron chi connectivity index (χ0n) is 8.87. The number of rotatable bonds is 1. The Kier molecular flexibility index (Phi) is 2.06. The first-order chi connectivity index (χ1) is 6.60. The molecule has 0 fully saturated rings. The van der Waals surface area contributed by atoms with Crippen molar-refractivity contribution in [2.75, 3.05) is 6.61 Å². The zero-order chi connectivity index (χ0) is 10.2. The molecule has 0 saturated heterocycles. The van der Waals surface area contributed by atoms with E-state index in [1.54, 1.807) is 0 Å². The molecule has 0 bridgehead atoms. The number of aliphatic imine (C=N–C) groups is 1. The van der Waals surface area contributed by atoms with Gasteiger partial charge in [-0.15, -0.1) is 0 Å². The highest BCUT2D eigenvalue weighted by Gasteiger charge is 2.31. The monoisotopic (exact) mass is 189 g/mol. The van der Waals surface area contributed by atoms with Crippen molar-refractivity contribution < 1.29 is 4.74 Å². The van der Waals surface area contributed by atoms with Gasteiger partial charge in [-0.05, 0) is 19.4 Å². The van der Waals surface area contributed by atoms with Gasteiger partial charge in [0.2, 0.25) is 0 Å². The fraction of sp³-hybridized carbons (Fsp3) is 0.417. The average Bonchev–Trinajstić information content (AvgIpc) is 2.48. The summed E-state index contributed by atoms with van der Waals surface area (Å²) in [4.78, 5) is 4.51. The number of ether oxygens (including phenoxy) is 1. The van der Waals surface area contributed by atoms with Crippen LogP contribution in [-0.4, -0.2) is 12.5 Å². The molecule has 0 spiro atoms. The molecule has 0 radical (unpaired) electrons. The Morgan fingerprint density at radius 2 is 1.86 bits per heavy atom. The minimum atomic E-state index is -0.183. The van der Waals surface area contributed by atoms with Gasteiger partial charge in [-0.2, -0.15) is 0 Å². The maximum absolute atomic E-state index is 5.40. The van der Waals surface area contributed by atoms with E-state index >= 15 is 0 Å². The second-order valence-corrected chi connectivity index (χ2v) is 4.06. The molecule has 74 valence electrons. The molecule has 1 aromatic carbocycles. The Bertz CT molecular complexity index is 366. The van der Waals surface area contributed by atoms with Crippen molar-refractivity contribution in [1.82, 2.24) is 0 Å². The van der Waals surface area contributed by atoms with Crippen molar-refractivity contribution in [3.8, 4) is 0 Å². The fourth-order valence-electron chi connectivity index (χ4n) is 1.72. The van der Waals surface area contributed by atoms with Crippen LogP contribution in [0.3, 0.4) is 0 Å². The summed E-state index contributed by atoms with van der Waals surface area (Å²) < 4.78 is 5.40. The van der Waals surface area contributed by atoms with Crippen molar-refractivity contribution >= 4 is 5.90 Å². The van der Waals surface area contributed by atoms with Gasteiger partial charge in [0.05, 0.1) is 0 Å². The van der Waals surface area contributed by atoms with Gasteiger partial charge in [-0.1, -0.05) is 29.8 Å². The molecular weight excluding hydrogens is 174 g/mol. The highest BCUT2D eigenvalue weighted by atomic mass is 16.5. The summed E-state index contributed by atoms with van der Waals surface area (Å²) in [6, 6.07) is 8.48. The van der Waals surface area contributed by atoms with Crippen LogP contribution in [0.1, 0.15) is 25.0 Å². The lowest BCUT2D eigenvalue weighted by atomic mass is 9.93. The molecule has 14 heavy (non-hydrogen) atoms. The van der Waals surface area contributed by atoms with Gasteiger partial charge in [0, 0.05) is 6.92 Å². The molecule has 1 unspecified atom stereocenters. The average molecular weight is 189 g/mol. The Morgan fingerprint density at radius 1 is 1.21 bits per heavy atom. The van der Waals surface area contributed by atoms with Gasteiger partial charge in [0.25, 0.3) is 0 Å². The van der Waals surface area contributed by atoms with Crippen LogP contribution in [-0.2, 0) is 10.3 Å². The molecule has 2 rings (SSSR count). The summed E-state index contributed by atoms with van der Waals surface area (Å²) in [5.74, 6) is 0.785. The third kappa shape index (κ3) is 1.52. The van der Waals surface area contributed by atoms with E-state index in [1.165, 1.54) is 11.1 Å². The van der Waals surface area contributed by atoms with E-state index in [1.807, 2.05) is 6.92 Å². The Balaban J connectivity index is 2.35. The summed E-state index contributed by atoms with van der Waals surface area (Å²) >= 11 is 0. The van der Waals surface area contributed by atoms with Crippen LogP contribution in [0, 0.1) is 6.92 Å². The summed E-state index contributed by atoms with van der Waals surface area (Å²) in [5.41, 5.74) is 2.31. The third-order valence-electron chi connectivity index (χ3n) is 2.64. The van der Waals surface area contributed by atoms with E-state index in [4.69, 9.17) is 4.74 Å². The molecule has 0 aliphatic carbocycles. The van der Waals surface area contributed by atoms with Crippen LogP contribution in [0.25, 0.3) is 0 Å². The summed E-state index contributed by atoms with van der Waals surface area (Å²) in [6.07, 6.45) is 0. The summed E-state index contributed by atoms with van der Waals surface area (Å²) in [5, 5.41) is 0. The molecule has 1 aliphatic rings. The SMILES string of the molecule is CC1=NC(C)(c2ccc(C)cc2)CO1. The first kappa shape index (κ1) is 9.25. The normalized spacial score (nSPS) is 25.8. The van der Waals surface area contributed by atoms with Crippen molar-refractivity contribution in [3.05, 3.63) is 35.4 Å². The second kappa shape index (κ2) is 3.12. The second-order valence-electron chi connectivity index (χ2n) is 4.06. The van der Waals surface area contributed by atoms with Gasteiger partial charge in [0.15, 0.2) is 5.90 Å². The molecule has 0 amide bonds. The Morgan fingerprint density at radius 3 is 2.36 bits per heavy atom.